The van der Waals surface area contributed by atoms with Gasteiger partial charge in [-0.15, -0.1) is 0 Å². The van der Waals surface area contributed by atoms with Crippen LogP contribution in [0.3, 0.4) is 0 Å². The Morgan fingerprint density at radius 2 is 1.38 bits per heavy atom. The number of halogens is 6. The summed E-state index contributed by atoms with van der Waals surface area (Å²) in [6.45, 7) is 0.135. The van der Waals surface area contributed by atoms with Gasteiger partial charge < -0.3 is 25.1 Å². The van der Waals surface area contributed by atoms with E-state index in [4.69, 9.17) is 78.8 Å². The second-order valence-corrected chi connectivity index (χ2v) is 16.4. The molecule has 7 rings (SSSR count). The summed E-state index contributed by atoms with van der Waals surface area (Å²) in [5, 5.41) is 5.85. The Hall–Kier alpha value is -3.97. The van der Waals surface area contributed by atoms with Gasteiger partial charge in [-0.25, -0.2) is 4.98 Å². The fraction of sp³-hybridized carbons (Fsp3) is 0.250. The minimum atomic E-state index is -4.99. The Morgan fingerprint density at radius 1 is 0.786 bits per heavy atom. The lowest BCUT2D eigenvalue weighted by molar-refractivity contribution is 0.188. The third-order valence-corrected chi connectivity index (χ3v) is 11.3. The van der Waals surface area contributed by atoms with Gasteiger partial charge in [-0.1, -0.05) is 29.3 Å². The number of aromatic nitrogens is 7. The minimum absolute atomic E-state index is 0.00756. The van der Waals surface area contributed by atoms with Crippen molar-refractivity contribution in [2.45, 2.75) is 22.3 Å². The molecule has 3 atom stereocenters. The number of fused-ring (bicyclic) bond motifs is 4. The molecule has 0 saturated heterocycles. The molecule has 0 amide bonds. The van der Waals surface area contributed by atoms with Crippen LogP contribution in [0.4, 0.5) is 17.6 Å². The second kappa shape index (κ2) is 15.8. The number of nitrogens with zero attached hydrogens (tertiary/aromatic N) is 9. The van der Waals surface area contributed by atoms with Crippen molar-refractivity contribution in [2.75, 3.05) is 42.1 Å². The van der Waals surface area contributed by atoms with E-state index in [0.29, 0.717) is 0 Å². The summed E-state index contributed by atoms with van der Waals surface area (Å²) in [6, 6.07) is 1.73. The molecule has 0 bridgehead atoms. The summed E-state index contributed by atoms with van der Waals surface area (Å²) >= 11 is 36.7. The van der Waals surface area contributed by atoms with E-state index in [-0.39, 0.29) is 109 Å². The van der Waals surface area contributed by atoms with Crippen LogP contribution in [0.1, 0.15) is 0 Å². The van der Waals surface area contributed by atoms with Crippen molar-refractivity contribution in [3.8, 4) is 17.2 Å². The van der Waals surface area contributed by atoms with E-state index < -0.39 is 48.3 Å². The number of hydrogen-bond donors (Lipinski definition) is 5. The molecule has 2 aromatic heterocycles. The number of benzene rings is 2. The lowest BCUT2D eigenvalue weighted by Gasteiger charge is -2.39. The summed E-state index contributed by atoms with van der Waals surface area (Å²) in [6.07, 6.45) is 1.61. The zero-order valence-corrected chi connectivity index (χ0v) is 33.5. The van der Waals surface area contributed by atoms with Gasteiger partial charge in [0, 0.05) is 13.1 Å². The van der Waals surface area contributed by atoms with Gasteiger partial charge in [0.1, 0.15) is 33.0 Å². The Morgan fingerprint density at radius 3 is 1.95 bits per heavy atom. The first kappa shape index (κ1) is 40.2. The van der Waals surface area contributed by atoms with E-state index in [1.54, 1.807) is 6.08 Å². The van der Waals surface area contributed by atoms with Crippen LogP contribution in [0, 0.1) is 0 Å². The average Bonchev–Trinajstić information content (AvgIpc) is 3.10. The van der Waals surface area contributed by atoms with Crippen molar-refractivity contribution in [3.05, 3.63) is 60.8 Å². The molecule has 0 spiro atoms. The molecule has 2 aliphatic heterocycles. The van der Waals surface area contributed by atoms with Crippen LogP contribution in [-0.4, -0.2) is 110 Å². The minimum Gasteiger partial charge on any atom is -0.482 e. The number of ether oxygens (including phenoxy) is 1. The molecule has 5 N–H and O–H groups in total. The molecular weight excluding hydrogens is 909 g/mol. The zero-order chi connectivity index (χ0) is 40.1. The number of hydrogen-bond acceptors (Lipinski definition) is 18. The highest BCUT2D eigenvalue weighted by Gasteiger charge is 2.47. The molecule has 2 aliphatic carbocycles. The van der Waals surface area contributed by atoms with E-state index >= 15 is 0 Å². The van der Waals surface area contributed by atoms with Gasteiger partial charge in [-0.3, -0.25) is 19.1 Å². The topological polar surface area (TPSA) is 282 Å². The highest BCUT2D eigenvalue weighted by Crippen LogP contribution is 2.50. The Kier molecular flexibility index (Phi) is 11.3. The fourth-order valence-corrected chi connectivity index (χ4v) is 8.76. The molecule has 3 aromatic rings. The molecular formula is C28H20Cl6N12O8S2. The first-order chi connectivity index (χ1) is 26.5. The molecule has 0 saturated carbocycles. The first-order valence-corrected chi connectivity index (χ1v) is 20.7. The van der Waals surface area contributed by atoms with E-state index in [2.05, 4.69) is 60.8 Å². The summed E-state index contributed by atoms with van der Waals surface area (Å²) in [5.41, 5.74) is -0.416. The van der Waals surface area contributed by atoms with Crippen molar-refractivity contribution in [3.63, 3.8) is 0 Å². The van der Waals surface area contributed by atoms with Gasteiger partial charge >= 0.3 is 10.1 Å². The van der Waals surface area contributed by atoms with Crippen LogP contribution in [0.2, 0.25) is 31.2 Å². The summed E-state index contributed by atoms with van der Waals surface area (Å²) in [4.78, 5) is 35.1. The molecule has 294 valence electrons. The van der Waals surface area contributed by atoms with Gasteiger partial charge in [0.15, 0.2) is 27.2 Å². The summed E-state index contributed by atoms with van der Waals surface area (Å²) in [5.74, 6) is -0.435. The Bertz CT molecular complexity index is 2700. The number of rotatable bonds is 10. The normalized spacial score (nSPS) is 19.1. The lowest BCUT2D eigenvalue weighted by atomic mass is 9.94. The van der Waals surface area contributed by atoms with Gasteiger partial charge in [0.05, 0.1) is 30.2 Å². The van der Waals surface area contributed by atoms with E-state index in [0.717, 1.165) is 0 Å². The van der Waals surface area contributed by atoms with Crippen LogP contribution in [0.15, 0.2) is 43.6 Å². The van der Waals surface area contributed by atoms with Crippen LogP contribution < -0.4 is 26.0 Å². The van der Waals surface area contributed by atoms with Gasteiger partial charge in [-0.2, -0.15) is 46.7 Å². The summed E-state index contributed by atoms with van der Waals surface area (Å²) in [7, 11) is -9.84. The van der Waals surface area contributed by atoms with Crippen molar-refractivity contribution in [2.24, 2.45) is 9.98 Å². The molecule has 4 aliphatic rings. The third-order valence-electron chi connectivity index (χ3n) is 7.87. The maximum atomic E-state index is 12.8. The quantitative estimate of drug-likeness (QED) is 0.0737. The number of nitrogens with one attached hydrogen (secondary N) is 3. The van der Waals surface area contributed by atoms with E-state index in [9.17, 15) is 25.9 Å². The maximum Gasteiger partial charge on any atom is 0.300 e. The van der Waals surface area contributed by atoms with Crippen molar-refractivity contribution in [1.82, 2.24) is 34.9 Å². The van der Waals surface area contributed by atoms with E-state index in [1.807, 2.05) is 0 Å². The number of allylic oxidation sites excluding steroid dienone is 1. The van der Waals surface area contributed by atoms with Gasteiger partial charge in [0.25, 0.3) is 10.1 Å². The average molecular weight is 929 g/mol. The number of anilines is 3. The van der Waals surface area contributed by atoms with Gasteiger partial charge in [0.2, 0.25) is 33.0 Å². The van der Waals surface area contributed by atoms with Crippen molar-refractivity contribution < 1.29 is 35.1 Å². The third kappa shape index (κ3) is 8.35. The van der Waals surface area contributed by atoms with Crippen LogP contribution >= 0.6 is 69.6 Å². The zero-order valence-electron chi connectivity index (χ0n) is 27.3. The largest absolute Gasteiger partial charge is 0.482 e. The highest BCUT2D eigenvalue weighted by molar-refractivity contribution is 7.87. The highest BCUT2D eigenvalue weighted by atomic mass is 35.5. The molecule has 1 aromatic carbocycles. The van der Waals surface area contributed by atoms with Gasteiger partial charge in [-0.05, 0) is 64.6 Å². The molecule has 4 heterocycles. The smallest absolute Gasteiger partial charge is 0.300 e. The lowest BCUT2D eigenvalue weighted by Crippen LogP contribution is -2.56. The van der Waals surface area contributed by atoms with Crippen LogP contribution in [-0.2, 0) is 20.2 Å². The second-order valence-electron chi connectivity index (χ2n) is 11.4. The standard InChI is InChI=1S/C28H20Cl6N12O8S2/c29-13-15-19(53-17-9(39-15)1-3-11(21(17)55(47,48)49)35-5-7-37-27-43-23(31)41-24(32)44-27)14(30)16-20(13)54-18-10(40-16)2-4-12(22(18)56(50,51)52)36-6-8-38-28-45-25(33)42-26(34)46-28/h1-4,9,17,21,39H,5-8H2,(H,47,48,49)(H,50,51,52)(H,37,41,43,44)(H,38,42,45,46). The molecule has 28 heteroatoms. The predicted octanol–water partition coefficient (Wildman–Crippen LogP) is 4.40. The number of aliphatic imine (C=N–C) groups is 1. The first-order valence-electron chi connectivity index (χ1n) is 15.5. The van der Waals surface area contributed by atoms with Crippen molar-refractivity contribution in [1.29, 1.82) is 0 Å². The predicted molar refractivity (Wildman–Crippen MR) is 206 cm³/mol. The van der Waals surface area contributed by atoms with Crippen LogP contribution in [0.25, 0.3) is 22.6 Å². The molecule has 20 nitrogen and oxygen atoms in total. The molecule has 0 fully saturated rings. The van der Waals surface area contributed by atoms with Crippen molar-refractivity contribution >= 4 is 124 Å². The Labute approximate surface area is 344 Å². The maximum absolute atomic E-state index is 12.8. The SMILES string of the molecule is O=S(=O)(O)c1c2oc3c(Cl)c4c(c(Cl)c3nc-2ccc1=NCCNc1nc(Cl)nc(Cl)n1)OC1C(C=CC(=NCCNc2nc(Cl)nc(Cl)n2)C1S(=O)(=O)O)N4. The molecule has 56 heavy (non-hydrogen) atoms. The Balaban J connectivity index is 1.21. The summed E-state index contributed by atoms with van der Waals surface area (Å²) < 4.78 is 83.8. The van der Waals surface area contributed by atoms with E-state index in [1.165, 1.54) is 18.2 Å². The monoisotopic (exact) mass is 926 g/mol. The fourth-order valence-electron chi connectivity index (χ4n) is 5.69. The van der Waals surface area contributed by atoms with Crippen LogP contribution in [0.5, 0.6) is 5.75 Å². The molecule has 3 unspecified atom stereocenters. The molecule has 0 radical (unpaired) electrons.